The van der Waals surface area contributed by atoms with Crippen molar-refractivity contribution in [2.24, 2.45) is 5.10 Å². The van der Waals surface area contributed by atoms with Gasteiger partial charge in [0.1, 0.15) is 0 Å². The number of unbranched alkanes of at least 4 members (excludes halogenated alkanes) is 1. The molecule has 3 nitrogen and oxygen atoms in total. The van der Waals surface area contributed by atoms with Crippen molar-refractivity contribution in [1.29, 1.82) is 0 Å². The molecular weight excluding hydrogens is 236 g/mol. The van der Waals surface area contributed by atoms with E-state index in [1.165, 1.54) is 31.4 Å². The van der Waals surface area contributed by atoms with Crippen molar-refractivity contribution in [3.05, 3.63) is 0 Å². The van der Waals surface area contributed by atoms with E-state index >= 15 is 0 Å². The molecule has 112 valence electrons. The summed E-state index contributed by atoms with van der Waals surface area (Å²) in [6.07, 6.45) is 8.17. The summed E-state index contributed by atoms with van der Waals surface area (Å²) in [4.78, 5) is 0. The summed E-state index contributed by atoms with van der Waals surface area (Å²) in [7, 11) is 1.86. The number of hydrazone groups is 1. The number of methoxy groups -OCH3 is 1. The lowest BCUT2D eigenvalue weighted by molar-refractivity contribution is -0.0732. The number of nitrogens with zero attached hydrogens (tertiary/aromatic N) is 2. The molecule has 1 atom stereocenters. The highest BCUT2D eigenvalue weighted by molar-refractivity contribution is 5.81. The highest BCUT2D eigenvalue weighted by Gasteiger charge is 2.42. The Hall–Kier alpha value is -0.570. The van der Waals surface area contributed by atoms with Crippen LogP contribution < -0.4 is 0 Å². The van der Waals surface area contributed by atoms with E-state index in [1.807, 2.05) is 7.11 Å². The van der Waals surface area contributed by atoms with Crippen molar-refractivity contribution in [2.45, 2.75) is 84.3 Å². The van der Waals surface area contributed by atoms with Crippen molar-refractivity contribution in [3.8, 4) is 0 Å². The minimum Gasteiger partial charge on any atom is -0.376 e. The maximum absolute atomic E-state index is 5.90. The standard InChI is InChI=1S/C16H32N2O/c1-6-9-11-14(4)17-18-13-10-12-15(18)16(7-2,8-3)19-5/h15H,6-13H2,1-5H3/b17-14-/t15-/m0/s1. The van der Waals surface area contributed by atoms with Crippen LogP contribution in [0.5, 0.6) is 0 Å². The summed E-state index contributed by atoms with van der Waals surface area (Å²) >= 11 is 0. The Morgan fingerprint density at radius 1 is 1.32 bits per heavy atom. The second-order valence-corrected chi connectivity index (χ2v) is 5.74. The van der Waals surface area contributed by atoms with Crippen molar-refractivity contribution < 1.29 is 4.74 Å². The molecule has 0 amide bonds. The summed E-state index contributed by atoms with van der Waals surface area (Å²) in [5.41, 5.74) is 1.25. The first-order valence-electron chi connectivity index (χ1n) is 7.99. The lowest BCUT2D eigenvalue weighted by atomic mass is 9.87. The van der Waals surface area contributed by atoms with Gasteiger partial charge in [0, 0.05) is 19.4 Å². The van der Waals surface area contributed by atoms with Crippen LogP contribution in [0.15, 0.2) is 5.10 Å². The summed E-state index contributed by atoms with van der Waals surface area (Å²) < 4.78 is 5.90. The van der Waals surface area contributed by atoms with E-state index in [0.717, 1.165) is 25.8 Å². The Balaban J connectivity index is 2.78. The summed E-state index contributed by atoms with van der Waals surface area (Å²) in [6.45, 7) is 9.95. The number of rotatable bonds is 8. The third kappa shape index (κ3) is 3.95. The Morgan fingerprint density at radius 3 is 2.53 bits per heavy atom. The van der Waals surface area contributed by atoms with E-state index in [4.69, 9.17) is 9.84 Å². The quantitative estimate of drug-likeness (QED) is 0.616. The molecule has 0 aliphatic carbocycles. The highest BCUT2D eigenvalue weighted by atomic mass is 16.5. The van der Waals surface area contributed by atoms with Gasteiger partial charge in [-0.15, -0.1) is 0 Å². The molecule has 0 spiro atoms. The van der Waals surface area contributed by atoms with E-state index in [-0.39, 0.29) is 5.60 Å². The molecule has 1 aliphatic rings. The van der Waals surface area contributed by atoms with Gasteiger partial charge < -0.3 is 4.74 Å². The molecule has 3 heteroatoms. The smallest absolute Gasteiger partial charge is 0.0892 e. The fourth-order valence-corrected chi connectivity index (χ4v) is 3.25. The Labute approximate surface area is 119 Å². The molecule has 0 aromatic carbocycles. The largest absolute Gasteiger partial charge is 0.376 e. The molecule has 19 heavy (non-hydrogen) atoms. The molecule has 1 saturated heterocycles. The molecule has 1 rings (SSSR count). The van der Waals surface area contributed by atoms with Crippen LogP contribution >= 0.6 is 0 Å². The van der Waals surface area contributed by atoms with Crippen LogP contribution in [0.2, 0.25) is 0 Å². The van der Waals surface area contributed by atoms with Gasteiger partial charge in [0.15, 0.2) is 0 Å². The average Bonchev–Trinajstić information content (AvgIpc) is 2.88. The van der Waals surface area contributed by atoms with E-state index in [1.54, 1.807) is 0 Å². The van der Waals surface area contributed by atoms with E-state index in [9.17, 15) is 0 Å². The Morgan fingerprint density at radius 2 is 2.00 bits per heavy atom. The molecule has 0 aromatic rings. The lowest BCUT2D eigenvalue weighted by Crippen LogP contribution is -2.48. The number of ether oxygens (including phenoxy) is 1. The van der Waals surface area contributed by atoms with Gasteiger partial charge in [0.25, 0.3) is 0 Å². The summed E-state index contributed by atoms with van der Waals surface area (Å²) in [5, 5.41) is 7.18. The van der Waals surface area contributed by atoms with Crippen molar-refractivity contribution >= 4 is 5.71 Å². The highest BCUT2D eigenvalue weighted by Crippen LogP contribution is 2.34. The van der Waals surface area contributed by atoms with Crippen molar-refractivity contribution in [3.63, 3.8) is 0 Å². The lowest BCUT2D eigenvalue weighted by Gasteiger charge is -2.40. The van der Waals surface area contributed by atoms with Gasteiger partial charge in [-0.3, -0.25) is 5.01 Å². The minimum absolute atomic E-state index is 0.0228. The fraction of sp³-hybridized carbons (Fsp3) is 0.938. The third-order valence-electron chi connectivity index (χ3n) is 4.63. The van der Waals surface area contributed by atoms with Crippen LogP contribution in [0.3, 0.4) is 0 Å². The maximum atomic E-state index is 5.90. The van der Waals surface area contributed by atoms with Crippen LogP contribution in [-0.4, -0.2) is 36.0 Å². The van der Waals surface area contributed by atoms with Crippen LogP contribution in [-0.2, 0) is 4.74 Å². The number of hydrogen-bond acceptors (Lipinski definition) is 3. The molecule has 0 N–H and O–H groups in total. The van der Waals surface area contributed by atoms with Gasteiger partial charge in [-0.05, 0) is 45.4 Å². The first-order valence-corrected chi connectivity index (χ1v) is 7.99. The predicted molar refractivity (Wildman–Crippen MR) is 82.7 cm³/mol. The normalized spacial score (nSPS) is 21.2. The van der Waals surface area contributed by atoms with Gasteiger partial charge in [-0.1, -0.05) is 27.2 Å². The fourth-order valence-electron chi connectivity index (χ4n) is 3.25. The third-order valence-corrected chi connectivity index (χ3v) is 4.63. The predicted octanol–water partition coefficient (Wildman–Crippen LogP) is 4.22. The van der Waals surface area contributed by atoms with Crippen LogP contribution in [0.25, 0.3) is 0 Å². The van der Waals surface area contributed by atoms with E-state index in [2.05, 4.69) is 32.7 Å². The molecular formula is C16H32N2O. The average molecular weight is 268 g/mol. The van der Waals surface area contributed by atoms with E-state index < -0.39 is 0 Å². The molecule has 1 heterocycles. The zero-order valence-corrected chi connectivity index (χ0v) is 13.5. The van der Waals surface area contributed by atoms with Crippen molar-refractivity contribution in [2.75, 3.05) is 13.7 Å². The molecule has 0 unspecified atom stereocenters. The minimum atomic E-state index is -0.0228. The zero-order chi connectivity index (χ0) is 14.3. The van der Waals surface area contributed by atoms with Crippen LogP contribution in [0.1, 0.15) is 72.6 Å². The van der Waals surface area contributed by atoms with Gasteiger partial charge in [0.05, 0.1) is 11.6 Å². The van der Waals surface area contributed by atoms with Crippen molar-refractivity contribution in [1.82, 2.24) is 5.01 Å². The summed E-state index contributed by atoms with van der Waals surface area (Å²) in [5.74, 6) is 0. The molecule has 0 radical (unpaired) electrons. The van der Waals surface area contributed by atoms with Gasteiger partial charge in [-0.25, -0.2) is 0 Å². The molecule has 0 bridgehead atoms. The van der Waals surface area contributed by atoms with Gasteiger partial charge in [-0.2, -0.15) is 5.10 Å². The Bertz CT molecular complexity index is 276. The molecule has 0 aromatic heterocycles. The Kier molecular flexibility index (Phi) is 6.84. The second-order valence-electron chi connectivity index (χ2n) is 5.74. The van der Waals surface area contributed by atoms with Gasteiger partial charge in [0.2, 0.25) is 0 Å². The first kappa shape index (κ1) is 16.5. The van der Waals surface area contributed by atoms with E-state index in [0.29, 0.717) is 6.04 Å². The van der Waals surface area contributed by atoms with Crippen LogP contribution in [0, 0.1) is 0 Å². The number of hydrogen-bond donors (Lipinski definition) is 0. The SMILES string of the molecule is CCCC/C(C)=N\N1CCC[C@H]1C(CC)(CC)OC. The van der Waals surface area contributed by atoms with Gasteiger partial charge >= 0.3 is 0 Å². The maximum Gasteiger partial charge on any atom is 0.0892 e. The molecule has 1 aliphatic heterocycles. The topological polar surface area (TPSA) is 24.8 Å². The monoisotopic (exact) mass is 268 g/mol. The molecule has 1 fully saturated rings. The first-order chi connectivity index (χ1) is 9.13. The summed E-state index contributed by atoms with van der Waals surface area (Å²) in [6, 6.07) is 0.448. The molecule has 0 saturated carbocycles. The second kappa shape index (κ2) is 7.88. The zero-order valence-electron chi connectivity index (χ0n) is 13.5. The van der Waals surface area contributed by atoms with Crippen LogP contribution in [0.4, 0.5) is 0 Å².